The van der Waals surface area contributed by atoms with Crippen molar-refractivity contribution in [1.29, 1.82) is 0 Å². The molecule has 3 nitrogen and oxygen atoms in total. The molecule has 4 heteroatoms. The van der Waals surface area contributed by atoms with E-state index in [1.165, 1.54) is 6.07 Å². The van der Waals surface area contributed by atoms with Crippen LogP contribution in [0.1, 0.15) is 31.4 Å². The Hall–Kier alpha value is -1.13. The molecule has 1 fully saturated rings. The molecule has 112 valence electrons. The van der Waals surface area contributed by atoms with Crippen molar-refractivity contribution in [2.45, 2.75) is 25.8 Å². The molecule has 1 unspecified atom stereocenters. The summed E-state index contributed by atoms with van der Waals surface area (Å²) in [5.41, 5.74) is 7.57. The molecule has 2 N–H and O–H groups in total. The SMILES string of the molecule is CC(N)c1c(F)cccc1N1CCC(CN(C)C)CC1. The van der Waals surface area contributed by atoms with E-state index in [0.29, 0.717) is 5.56 Å². The van der Waals surface area contributed by atoms with E-state index in [-0.39, 0.29) is 11.9 Å². The number of hydrogen-bond acceptors (Lipinski definition) is 3. The molecular formula is C16H26FN3. The van der Waals surface area contributed by atoms with Gasteiger partial charge in [-0.15, -0.1) is 0 Å². The predicted molar refractivity (Wildman–Crippen MR) is 82.5 cm³/mol. The second kappa shape index (κ2) is 6.55. The maximum atomic E-state index is 14.0. The molecule has 1 aromatic rings. The molecule has 20 heavy (non-hydrogen) atoms. The molecular weight excluding hydrogens is 253 g/mol. The maximum absolute atomic E-state index is 14.0. The normalized spacial score (nSPS) is 18.6. The minimum Gasteiger partial charge on any atom is -0.371 e. The van der Waals surface area contributed by atoms with Crippen molar-refractivity contribution < 1.29 is 4.39 Å². The summed E-state index contributed by atoms with van der Waals surface area (Å²) in [5, 5.41) is 0. The van der Waals surface area contributed by atoms with Gasteiger partial charge in [-0.25, -0.2) is 4.39 Å². The maximum Gasteiger partial charge on any atom is 0.130 e. The Morgan fingerprint density at radius 3 is 2.55 bits per heavy atom. The van der Waals surface area contributed by atoms with Gasteiger partial charge in [-0.3, -0.25) is 0 Å². The Balaban J connectivity index is 2.09. The first-order valence-corrected chi connectivity index (χ1v) is 7.42. The third kappa shape index (κ3) is 3.49. The van der Waals surface area contributed by atoms with E-state index in [4.69, 9.17) is 5.73 Å². The molecule has 1 atom stereocenters. The molecule has 0 aliphatic carbocycles. The van der Waals surface area contributed by atoms with Crippen LogP contribution in [0, 0.1) is 11.7 Å². The van der Waals surface area contributed by atoms with Gasteiger partial charge < -0.3 is 15.5 Å². The van der Waals surface area contributed by atoms with Crippen molar-refractivity contribution in [1.82, 2.24) is 4.90 Å². The van der Waals surface area contributed by atoms with Gasteiger partial charge in [0.15, 0.2) is 0 Å². The first-order chi connectivity index (χ1) is 9.49. The quantitative estimate of drug-likeness (QED) is 0.919. The summed E-state index contributed by atoms with van der Waals surface area (Å²) in [7, 11) is 4.24. The summed E-state index contributed by atoms with van der Waals surface area (Å²) in [6.45, 7) is 4.96. The Bertz CT molecular complexity index is 437. The van der Waals surface area contributed by atoms with E-state index in [0.717, 1.165) is 44.1 Å². The zero-order valence-corrected chi connectivity index (χ0v) is 12.8. The van der Waals surface area contributed by atoms with Gasteiger partial charge in [-0.1, -0.05) is 6.07 Å². The van der Waals surface area contributed by atoms with Crippen molar-refractivity contribution >= 4 is 5.69 Å². The topological polar surface area (TPSA) is 32.5 Å². The van der Waals surface area contributed by atoms with Gasteiger partial charge in [0.05, 0.1) is 0 Å². The Morgan fingerprint density at radius 2 is 2.00 bits per heavy atom. The van der Waals surface area contributed by atoms with Crippen molar-refractivity contribution in [3.05, 3.63) is 29.6 Å². The summed E-state index contributed by atoms with van der Waals surface area (Å²) in [5.74, 6) is 0.557. The first kappa shape index (κ1) is 15.3. The fraction of sp³-hybridized carbons (Fsp3) is 0.625. The Labute approximate surface area is 121 Å². The number of nitrogens with zero attached hydrogens (tertiary/aromatic N) is 2. The predicted octanol–water partition coefficient (Wildman–Crippen LogP) is 2.62. The zero-order chi connectivity index (χ0) is 14.7. The summed E-state index contributed by atoms with van der Waals surface area (Å²) in [6.07, 6.45) is 2.32. The fourth-order valence-corrected chi connectivity index (χ4v) is 3.12. The molecule has 1 aromatic carbocycles. The molecule has 0 bridgehead atoms. The molecule has 2 rings (SSSR count). The Kier molecular flexibility index (Phi) is 5.00. The van der Waals surface area contributed by atoms with E-state index >= 15 is 0 Å². The summed E-state index contributed by atoms with van der Waals surface area (Å²) in [6, 6.07) is 5.00. The lowest BCUT2D eigenvalue weighted by molar-refractivity contribution is 0.285. The van der Waals surface area contributed by atoms with Gasteiger partial charge in [0.2, 0.25) is 0 Å². The second-order valence-electron chi connectivity index (χ2n) is 6.15. The monoisotopic (exact) mass is 279 g/mol. The van der Waals surface area contributed by atoms with E-state index in [9.17, 15) is 4.39 Å². The minimum absolute atomic E-state index is 0.187. The average Bonchev–Trinajstić information content (AvgIpc) is 2.38. The van der Waals surface area contributed by atoms with Crippen LogP contribution in [0.3, 0.4) is 0 Å². The van der Waals surface area contributed by atoms with Gasteiger partial charge in [-0.2, -0.15) is 0 Å². The molecule has 0 saturated carbocycles. The summed E-state index contributed by atoms with van der Waals surface area (Å²) >= 11 is 0. The van der Waals surface area contributed by atoms with Gasteiger partial charge in [0.25, 0.3) is 0 Å². The molecule has 0 spiro atoms. The zero-order valence-electron chi connectivity index (χ0n) is 12.8. The van der Waals surface area contributed by atoms with Crippen LogP contribution in [-0.4, -0.2) is 38.6 Å². The highest BCUT2D eigenvalue weighted by Gasteiger charge is 2.23. The van der Waals surface area contributed by atoms with E-state index < -0.39 is 0 Å². The second-order valence-corrected chi connectivity index (χ2v) is 6.15. The standard InChI is InChI=1S/C16H26FN3/c1-12(18)16-14(17)5-4-6-15(16)20-9-7-13(8-10-20)11-19(2)3/h4-6,12-13H,7-11,18H2,1-3H3. The number of nitrogens with two attached hydrogens (primary N) is 1. The fourth-order valence-electron chi connectivity index (χ4n) is 3.12. The number of anilines is 1. The number of piperidine rings is 1. The van der Waals surface area contributed by atoms with Crippen LogP contribution >= 0.6 is 0 Å². The third-order valence-corrected chi connectivity index (χ3v) is 4.06. The van der Waals surface area contributed by atoms with Crippen LogP contribution in [0.5, 0.6) is 0 Å². The lowest BCUT2D eigenvalue weighted by Gasteiger charge is -2.36. The van der Waals surface area contributed by atoms with Gasteiger partial charge >= 0.3 is 0 Å². The molecule has 1 saturated heterocycles. The summed E-state index contributed by atoms with van der Waals surface area (Å²) in [4.78, 5) is 4.53. The average molecular weight is 279 g/mol. The molecule has 0 amide bonds. The van der Waals surface area contributed by atoms with Crippen LogP contribution in [0.15, 0.2) is 18.2 Å². The Morgan fingerprint density at radius 1 is 1.35 bits per heavy atom. The van der Waals surface area contributed by atoms with Crippen molar-refractivity contribution in [3.63, 3.8) is 0 Å². The van der Waals surface area contributed by atoms with Gasteiger partial charge in [0, 0.05) is 36.9 Å². The smallest absolute Gasteiger partial charge is 0.130 e. The molecule has 0 radical (unpaired) electrons. The molecule has 1 aliphatic heterocycles. The van der Waals surface area contributed by atoms with Crippen LogP contribution in [0.25, 0.3) is 0 Å². The van der Waals surface area contributed by atoms with E-state index in [1.807, 2.05) is 13.0 Å². The highest BCUT2D eigenvalue weighted by atomic mass is 19.1. The number of benzene rings is 1. The van der Waals surface area contributed by atoms with Crippen molar-refractivity contribution in [2.24, 2.45) is 11.7 Å². The van der Waals surface area contributed by atoms with Crippen LogP contribution in [0.2, 0.25) is 0 Å². The van der Waals surface area contributed by atoms with Crippen molar-refractivity contribution in [3.8, 4) is 0 Å². The molecule has 1 aliphatic rings. The lowest BCUT2D eigenvalue weighted by Crippen LogP contribution is -2.38. The minimum atomic E-state index is -0.273. The number of halogens is 1. The van der Waals surface area contributed by atoms with E-state index in [2.05, 4.69) is 23.9 Å². The largest absolute Gasteiger partial charge is 0.371 e. The third-order valence-electron chi connectivity index (χ3n) is 4.06. The van der Waals surface area contributed by atoms with Gasteiger partial charge in [0.1, 0.15) is 5.82 Å². The van der Waals surface area contributed by atoms with Crippen LogP contribution in [0.4, 0.5) is 10.1 Å². The van der Waals surface area contributed by atoms with Gasteiger partial charge in [-0.05, 0) is 51.9 Å². The first-order valence-electron chi connectivity index (χ1n) is 7.42. The van der Waals surface area contributed by atoms with Crippen molar-refractivity contribution in [2.75, 3.05) is 38.6 Å². The van der Waals surface area contributed by atoms with Crippen LogP contribution in [-0.2, 0) is 0 Å². The highest BCUT2D eigenvalue weighted by molar-refractivity contribution is 5.55. The molecule has 0 aromatic heterocycles. The lowest BCUT2D eigenvalue weighted by atomic mass is 9.95. The van der Waals surface area contributed by atoms with Crippen LogP contribution < -0.4 is 10.6 Å². The number of rotatable bonds is 4. The number of hydrogen-bond donors (Lipinski definition) is 1. The molecule has 1 heterocycles. The highest BCUT2D eigenvalue weighted by Crippen LogP contribution is 2.31. The summed E-state index contributed by atoms with van der Waals surface area (Å²) < 4.78 is 14.0. The van der Waals surface area contributed by atoms with E-state index in [1.54, 1.807) is 6.07 Å².